The molecule has 1 aliphatic carbocycles. The minimum atomic E-state index is -0.469. The van der Waals surface area contributed by atoms with Crippen molar-refractivity contribution >= 4 is 17.1 Å². The molecule has 0 unspecified atom stereocenters. The van der Waals surface area contributed by atoms with Crippen LogP contribution in [0.4, 0.5) is 17.1 Å². The molecule has 0 saturated carbocycles. The Kier molecular flexibility index (Phi) is 5.81. The lowest BCUT2D eigenvalue weighted by Crippen LogP contribution is -2.42. The SMILES string of the molecule is CC1(C)c2ccccc2N(c2ccccc2)c2ccc(C3(c4ccccc4)c4ccccc4C(C)(C)c4ccccc43)cc21. The molecule has 0 amide bonds. The largest absolute Gasteiger partial charge is 0.310 e. The second-order valence-electron chi connectivity index (χ2n) is 13.4. The van der Waals surface area contributed by atoms with Gasteiger partial charge in [0.15, 0.2) is 0 Å². The minimum Gasteiger partial charge on any atom is -0.310 e. The molecule has 0 radical (unpaired) electrons. The fraction of sp³-hybridized carbons (Fsp3) is 0.163. The quantitative estimate of drug-likeness (QED) is 0.206. The van der Waals surface area contributed by atoms with Crippen molar-refractivity contribution in [2.75, 3.05) is 4.90 Å². The topological polar surface area (TPSA) is 3.24 Å². The molecule has 2 aliphatic rings. The van der Waals surface area contributed by atoms with Crippen molar-refractivity contribution in [3.8, 4) is 0 Å². The van der Waals surface area contributed by atoms with Gasteiger partial charge < -0.3 is 4.90 Å². The molecular weight excluding hydrogens is 530 g/mol. The van der Waals surface area contributed by atoms with Gasteiger partial charge in [0.05, 0.1) is 16.8 Å². The van der Waals surface area contributed by atoms with Crippen LogP contribution in [-0.2, 0) is 16.2 Å². The third-order valence-electron chi connectivity index (χ3n) is 10.4. The van der Waals surface area contributed by atoms with Crippen LogP contribution in [0.2, 0.25) is 0 Å². The number of hydrogen-bond acceptors (Lipinski definition) is 1. The number of fused-ring (bicyclic) bond motifs is 4. The molecule has 0 atom stereocenters. The van der Waals surface area contributed by atoms with Crippen molar-refractivity contribution in [3.05, 3.63) is 196 Å². The fourth-order valence-corrected chi connectivity index (χ4v) is 8.27. The fourth-order valence-electron chi connectivity index (χ4n) is 8.27. The Morgan fingerprint density at radius 1 is 0.364 bits per heavy atom. The second kappa shape index (κ2) is 9.56. The number of anilines is 3. The molecule has 1 heteroatoms. The van der Waals surface area contributed by atoms with E-state index in [0.29, 0.717) is 0 Å². The Morgan fingerprint density at radius 3 is 1.43 bits per heavy atom. The molecule has 6 aromatic rings. The van der Waals surface area contributed by atoms with E-state index in [1.807, 2.05) is 0 Å². The summed E-state index contributed by atoms with van der Waals surface area (Å²) in [4.78, 5) is 2.45. The minimum absolute atomic E-state index is 0.123. The molecule has 0 N–H and O–H groups in total. The van der Waals surface area contributed by atoms with Gasteiger partial charge in [-0.1, -0.05) is 155 Å². The Hall–Kier alpha value is -4.88. The summed E-state index contributed by atoms with van der Waals surface area (Å²) in [6, 6.07) is 56.4. The van der Waals surface area contributed by atoms with Crippen LogP contribution in [0.3, 0.4) is 0 Å². The van der Waals surface area contributed by atoms with Crippen LogP contribution in [0.5, 0.6) is 0 Å². The first-order chi connectivity index (χ1) is 21.4. The van der Waals surface area contributed by atoms with Crippen LogP contribution in [0, 0.1) is 0 Å². The van der Waals surface area contributed by atoms with Crippen molar-refractivity contribution in [2.24, 2.45) is 0 Å². The highest BCUT2D eigenvalue weighted by atomic mass is 15.2. The van der Waals surface area contributed by atoms with Gasteiger partial charge in [0.2, 0.25) is 0 Å². The third-order valence-corrected chi connectivity index (χ3v) is 10.4. The van der Waals surface area contributed by atoms with Crippen molar-refractivity contribution in [3.63, 3.8) is 0 Å². The Balaban J connectivity index is 1.49. The zero-order chi connectivity index (χ0) is 30.1. The van der Waals surface area contributed by atoms with Crippen LogP contribution in [0.15, 0.2) is 152 Å². The molecule has 8 rings (SSSR count). The van der Waals surface area contributed by atoms with Gasteiger partial charge >= 0.3 is 0 Å². The predicted octanol–water partition coefficient (Wildman–Crippen LogP) is 10.8. The Morgan fingerprint density at radius 2 is 0.818 bits per heavy atom. The third kappa shape index (κ3) is 3.53. The molecule has 6 aromatic carbocycles. The zero-order valence-corrected chi connectivity index (χ0v) is 25.9. The number of rotatable bonds is 3. The number of para-hydroxylation sites is 2. The normalized spacial score (nSPS) is 16.7. The van der Waals surface area contributed by atoms with Gasteiger partial charge in [-0.25, -0.2) is 0 Å². The van der Waals surface area contributed by atoms with Crippen molar-refractivity contribution in [1.82, 2.24) is 0 Å². The van der Waals surface area contributed by atoms with E-state index in [2.05, 4.69) is 184 Å². The average Bonchev–Trinajstić information content (AvgIpc) is 3.07. The standard InChI is InChI=1S/C43H37N/c1-41(2)33-21-11-13-23-35(33)43(30-17-7-5-8-18-30,36-24-14-12-22-34(36)41)31-27-28-40-38(29-31)42(3,4)37-25-15-16-26-39(37)44(40)32-19-9-6-10-20-32/h5-29H,1-4H3. The first kappa shape index (κ1) is 26.7. The van der Waals surface area contributed by atoms with E-state index in [-0.39, 0.29) is 10.8 Å². The molecule has 0 aromatic heterocycles. The molecule has 0 bridgehead atoms. The van der Waals surface area contributed by atoms with E-state index >= 15 is 0 Å². The average molecular weight is 568 g/mol. The summed E-state index contributed by atoms with van der Waals surface area (Å²) in [5.74, 6) is 0. The van der Waals surface area contributed by atoms with E-state index in [1.165, 1.54) is 61.6 Å². The highest BCUT2D eigenvalue weighted by molar-refractivity contribution is 5.86. The van der Waals surface area contributed by atoms with Gasteiger partial charge in [-0.3, -0.25) is 0 Å². The van der Waals surface area contributed by atoms with Crippen molar-refractivity contribution in [2.45, 2.75) is 43.9 Å². The maximum absolute atomic E-state index is 2.53. The highest BCUT2D eigenvalue weighted by Crippen LogP contribution is 2.58. The monoisotopic (exact) mass is 567 g/mol. The van der Waals surface area contributed by atoms with Gasteiger partial charge in [-0.15, -0.1) is 0 Å². The van der Waals surface area contributed by atoms with E-state index < -0.39 is 5.41 Å². The highest BCUT2D eigenvalue weighted by Gasteiger charge is 2.49. The predicted molar refractivity (Wildman–Crippen MR) is 184 cm³/mol. The molecular formula is C43H37N. The molecule has 0 spiro atoms. The maximum atomic E-state index is 2.53. The lowest BCUT2D eigenvalue weighted by atomic mass is 9.54. The first-order valence-electron chi connectivity index (χ1n) is 15.7. The van der Waals surface area contributed by atoms with E-state index in [1.54, 1.807) is 0 Å². The molecule has 1 aliphatic heterocycles. The molecule has 0 fully saturated rings. The summed E-state index contributed by atoms with van der Waals surface area (Å²) in [6.07, 6.45) is 0. The number of benzene rings is 6. The van der Waals surface area contributed by atoms with E-state index in [0.717, 1.165) is 0 Å². The smallest absolute Gasteiger partial charge is 0.0707 e. The van der Waals surface area contributed by atoms with Gasteiger partial charge in [0.25, 0.3) is 0 Å². The molecule has 1 heterocycles. The van der Waals surface area contributed by atoms with Crippen LogP contribution in [-0.4, -0.2) is 0 Å². The number of nitrogens with zero attached hydrogens (tertiary/aromatic N) is 1. The van der Waals surface area contributed by atoms with Gasteiger partial charge in [0, 0.05) is 16.5 Å². The Bertz CT molecular complexity index is 1970. The van der Waals surface area contributed by atoms with Gasteiger partial charge in [-0.2, -0.15) is 0 Å². The molecule has 44 heavy (non-hydrogen) atoms. The van der Waals surface area contributed by atoms with Crippen molar-refractivity contribution < 1.29 is 0 Å². The van der Waals surface area contributed by atoms with Crippen LogP contribution in [0.1, 0.15) is 72.2 Å². The van der Waals surface area contributed by atoms with Crippen LogP contribution in [0.25, 0.3) is 0 Å². The van der Waals surface area contributed by atoms with Gasteiger partial charge in [-0.05, 0) is 68.8 Å². The maximum Gasteiger partial charge on any atom is 0.0707 e. The lowest BCUT2D eigenvalue weighted by molar-refractivity contribution is 0.556. The second-order valence-corrected chi connectivity index (χ2v) is 13.4. The summed E-state index contributed by atoms with van der Waals surface area (Å²) in [5.41, 5.74) is 13.7. The summed E-state index contributed by atoms with van der Waals surface area (Å²) in [7, 11) is 0. The van der Waals surface area contributed by atoms with Crippen LogP contribution >= 0.6 is 0 Å². The molecule has 214 valence electrons. The molecule has 0 saturated heterocycles. The van der Waals surface area contributed by atoms with E-state index in [4.69, 9.17) is 0 Å². The summed E-state index contributed by atoms with van der Waals surface area (Å²) in [6.45, 7) is 9.53. The van der Waals surface area contributed by atoms with Crippen LogP contribution < -0.4 is 4.90 Å². The summed E-state index contributed by atoms with van der Waals surface area (Å²) in [5, 5.41) is 0. The Labute approximate surface area is 261 Å². The van der Waals surface area contributed by atoms with Crippen molar-refractivity contribution in [1.29, 1.82) is 0 Å². The number of hydrogen-bond donors (Lipinski definition) is 0. The molecule has 1 nitrogen and oxygen atoms in total. The zero-order valence-electron chi connectivity index (χ0n) is 25.9. The lowest BCUT2D eigenvalue weighted by Gasteiger charge is -2.49. The summed E-state index contributed by atoms with van der Waals surface area (Å²) < 4.78 is 0. The first-order valence-corrected chi connectivity index (χ1v) is 15.7. The summed E-state index contributed by atoms with van der Waals surface area (Å²) >= 11 is 0. The van der Waals surface area contributed by atoms with E-state index in [9.17, 15) is 0 Å². The van der Waals surface area contributed by atoms with Gasteiger partial charge in [0.1, 0.15) is 0 Å².